The Hall–Kier alpha value is -2.47. The van der Waals surface area contributed by atoms with Gasteiger partial charge in [0.25, 0.3) is 5.91 Å². The number of amides is 1. The first kappa shape index (κ1) is 16.9. The summed E-state index contributed by atoms with van der Waals surface area (Å²) in [5.74, 6) is -1.54. The van der Waals surface area contributed by atoms with Gasteiger partial charge in [-0.3, -0.25) is 4.79 Å². The van der Waals surface area contributed by atoms with Crippen LogP contribution in [-0.2, 0) is 0 Å². The van der Waals surface area contributed by atoms with Crippen LogP contribution in [0, 0.1) is 11.6 Å². The number of ether oxygens (including phenoxy) is 1. The van der Waals surface area contributed by atoms with Crippen LogP contribution in [0.15, 0.2) is 42.5 Å². The highest BCUT2D eigenvalue weighted by Gasteiger charge is 2.18. The maximum Gasteiger partial charge on any atom is 0.253 e. The Kier molecular flexibility index (Phi) is 5.28. The van der Waals surface area contributed by atoms with Crippen molar-refractivity contribution in [3.8, 4) is 5.75 Å². The van der Waals surface area contributed by atoms with Crippen LogP contribution in [0.2, 0.25) is 0 Å². The molecule has 0 radical (unpaired) electrons. The second kappa shape index (κ2) is 7.19. The van der Waals surface area contributed by atoms with E-state index in [0.717, 1.165) is 12.1 Å². The average molecular weight is 321 g/mol. The van der Waals surface area contributed by atoms with Crippen LogP contribution in [0.25, 0.3) is 0 Å². The van der Waals surface area contributed by atoms with E-state index in [1.165, 1.54) is 17.0 Å². The Morgan fingerprint density at radius 3 is 2.39 bits per heavy atom. The summed E-state index contributed by atoms with van der Waals surface area (Å²) in [5, 5.41) is 9.93. The van der Waals surface area contributed by atoms with Gasteiger partial charge in [0, 0.05) is 19.7 Å². The van der Waals surface area contributed by atoms with Gasteiger partial charge >= 0.3 is 0 Å². The van der Waals surface area contributed by atoms with Gasteiger partial charge in [-0.05, 0) is 30.3 Å². The molecule has 0 aliphatic rings. The van der Waals surface area contributed by atoms with Crippen molar-refractivity contribution in [2.45, 2.75) is 6.10 Å². The standard InChI is InChI=1S/C17H17F2NO3/c1-20(2)17(22)11-5-3-6-12(9-11)23-10-15(21)16-13(18)7-4-8-14(16)19/h3-9,15,21H,10H2,1-2H3. The minimum atomic E-state index is -1.45. The van der Waals surface area contributed by atoms with E-state index in [9.17, 15) is 18.7 Å². The van der Waals surface area contributed by atoms with Gasteiger partial charge < -0.3 is 14.7 Å². The van der Waals surface area contributed by atoms with E-state index in [4.69, 9.17) is 4.74 Å². The van der Waals surface area contributed by atoms with Gasteiger partial charge in [0.1, 0.15) is 30.1 Å². The van der Waals surface area contributed by atoms with Crippen molar-refractivity contribution in [1.29, 1.82) is 0 Å². The van der Waals surface area contributed by atoms with E-state index in [1.54, 1.807) is 32.3 Å². The molecule has 1 unspecified atom stereocenters. The lowest BCUT2D eigenvalue weighted by Gasteiger charge is -2.15. The third-order valence-corrected chi connectivity index (χ3v) is 3.23. The minimum Gasteiger partial charge on any atom is -0.491 e. The summed E-state index contributed by atoms with van der Waals surface area (Å²) >= 11 is 0. The highest BCUT2D eigenvalue weighted by atomic mass is 19.1. The molecule has 2 rings (SSSR count). The molecule has 0 aromatic heterocycles. The van der Waals surface area contributed by atoms with E-state index >= 15 is 0 Å². The van der Waals surface area contributed by atoms with Gasteiger partial charge in [0.2, 0.25) is 0 Å². The van der Waals surface area contributed by atoms with Crippen molar-refractivity contribution in [3.63, 3.8) is 0 Å². The Morgan fingerprint density at radius 1 is 1.17 bits per heavy atom. The van der Waals surface area contributed by atoms with E-state index in [2.05, 4.69) is 0 Å². The second-order valence-electron chi connectivity index (χ2n) is 5.19. The highest BCUT2D eigenvalue weighted by Crippen LogP contribution is 2.22. The summed E-state index contributed by atoms with van der Waals surface area (Å²) < 4.78 is 32.5. The summed E-state index contributed by atoms with van der Waals surface area (Å²) in [6.07, 6.45) is -1.45. The molecule has 0 aliphatic carbocycles. The molecule has 0 aliphatic heterocycles. The SMILES string of the molecule is CN(C)C(=O)c1cccc(OCC(O)c2c(F)cccc2F)c1. The number of nitrogens with zero attached hydrogens (tertiary/aromatic N) is 1. The Bertz CT molecular complexity index is 684. The number of halogens is 2. The van der Waals surface area contributed by atoms with E-state index < -0.39 is 23.3 Å². The van der Waals surface area contributed by atoms with E-state index in [1.807, 2.05) is 0 Å². The third-order valence-electron chi connectivity index (χ3n) is 3.23. The Balaban J connectivity index is 2.09. The average Bonchev–Trinajstić information content (AvgIpc) is 2.52. The van der Waals surface area contributed by atoms with Crippen molar-refractivity contribution >= 4 is 5.91 Å². The molecule has 0 fully saturated rings. The van der Waals surface area contributed by atoms with Crippen LogP contribution in [0.4, 0.5) is 8.78 Å². The van der Waals surface area contributed by atoms with Gasteiger partial charge in [-0.25, -0.2) is 8.78 Å². The summed E-state index contributed by atoms with van der Waals surface area (Å²) in [5.41, 5.74) is -0.0212. The molecule has 2 aromatic carbocycles. The Morgan fingerprint density at radius 2 is 1.78 bits per heavy atom. The number of carbonyl (C=O) groups excluding carboxylic acids is 1. The third kappa shape index (κ3) is 4.04. The first-order valence-electron chi connectivity index (χ1n) is 6.96. The predicted octanol–water partition coefficient (Wildman–Crippen LogP) is 2.78. The topological polar surface area (TPSA) is 49.8 Å². The fourth-order valence-corrected chi connectivity index (χ4v) is 2.06. The first-order chi connectivity index (χ1) is 10.9. The quantitative estimate of drug-likeness (QED) is 0.921. The smallest absolute Gasteiger partial charge is 0.253 e. The number of aliphatic hydroxyl groups is 1. The first-order valence-corrected chi connectivity index (χ1v) is 6.96. The Labute approximate surface area is 132 Å². The number of carbonyl (C=O) groups is 1. The van der Waals surface area contributed by atoms with Gasteiger partial charge in [0.15, 0.2) is 0 Å². The molecule has 1 amide bonds. The molecule has 122 valence electrons. The fourth-order valence-electron chi connectivity index (χ4n) is 2.06. The molecule has 23 heavy (non-hydrogen) atoms. The lowest BCUT2D eigenvalue weighted by Crippen LogP contribution is -2.21. The number of aliphatic hydroxyl groups excluding tert-OH is 1. The molecule has 0 spiro atoms. The summed E-state index contributed by atoms with van der Waals surface area (Å²) in [7, 11) is 3.25. The molecule has 4 nitrogen and oxygen atoms in total. The molecular formula is C17H17F2NO3. The summed E-state index contributed by atoms with van der Waals surface area (Å²) in [6, 6.07) is 9.71. The number of hydrogen-bond acceptors (Lipinski definition) is 3. The van der Waals surface area contributed by atoms with Crippen molar-refractivity contribution in [3.05, 3.63) is 65.2 Å². The molecule has 1 N–H and O–H groups in total. The molecule has 0 saturated heterocycles. The molecule has 0 heterocycles. The van der Waals surface area contributed by atoms with Crippen LogP contribution in [0.5, 0.6) is 5.75 Å². The van der Waals surface area contributed by atoms with Crippen molar-refractivity contribution in [2.75, 3.05) is 20.7 Å². The zero-order valence-corrected chi connectivity index (χ0v) is 12.8. The molecular weight excluding hydrogens is 304 g/mol. The summed E-state index contributed by atoms with van der Waals surface area (Å²) in [4.78, 5) is 13.3. The fraction of sp³-hybridized carbons (Fsp3) is 0.235. The normalized spacial score (nSPS) is 11.9. The monoisotopic (exact) mass is 321 g/mol. The maximum atomic E-state index is 13.6. The van der Waals surface area contributed by atoms with Gasteiger partial charge in [0.05, 0.1) is 5.56 Å². The van der Waals surface area contributed by atoms with Crippen LogP contribution in [0.1, 0.15) is 22.0 Å². The van der Waals surface area contributed by atoms with Crippen LogP contribution < -0.4 is 4.74 Å². The molecule has 6 heteroatoms. The second-order valence-corrected chi connectivity index (χ2v) is 5.19. The molecule has 0 saturated carbocycles. The zero-order chi connectivity index (χ0) is 17.0. The van der Waals surface area contributed by atoms with Crippen LogP contribution >= 0.6 is 0 Å². The van der Waals surface area contributed by atoms with Crippen molar-refractivity contribution in [2.24, 2.45) is 0 Å². The van der Waals surface area contributed by atoms with Gasteiger partial charge in [-0.2, -0.15) is 0 Å². The van der Waals surface area contributed by atoms with E-state index in [0.29, 0.717) is 11.3 Å². The van der Waals surface area contributed by atoms with E-state index in [-0.39, 0.29) is 12.5 Å². The molecule has 1 atom stereocenters. The number of rotatable bonds is 5. The minimum absolute atomic E-state index is 0.198. The van der Waals surface area contributed by atoms with Gasteiger partial charge in [-0.15, -0.1) is 0 Å². The van der Waals surface area contributed by atoms with Gasteiger partial charge in [-0.1, -0.05) is 12.1 Å². The number of hydrogen-bond donors (Lipinski definition) is 1. The molecule has 0 bridgehead atoms. The maximum absolute atomic E-state index is 13.6. The largest absolute Gasteiger partial charge is 0.491 e. The predicted molar refractivity (Wildman–Crippen MR) is 81.3 cm³/mol. The highest BCUT2D eigenvalue weighted by molar-refractivity contribution is 5.94. The lowest BCUT2D eigenvalue weighted by atomic mass is 10.1. The van der Waals surface area contributed by atoms with Crippen molar-refractivity contribution in [1.82, 2.24) is 4.90 Å². The van der Waals surface area contributed by atoms with Crippen LogP contribution in [-0.4, -0.2) is 36.6 Å². The van der Waals surface area contributed by atoms with Crippen LogP contribution in [0.3, 0.4) is 0 Å². The van der Waals surface area contributed by atoms with Crippen molar-refractivity contribution < 1.29 is 23.4 Å². The number of benzene rings is 2. The summed E-state index contributed by atoms with van der Waals surface area (Å²) in [6.45, 7) is -0.336. The zero-order valence-electron chi connectivity index (χ0n) is 12.8. The lowest BCUT2D eigenvalue weighted by molar-refractivity contribution is 0.0826. The molecule has 2 aromatic rings.